The van der Waals surface area contributed by atoms with Crippen LogP contribution >= 0.6 is 22.9 Å². The van der Waals surface area contributed by atoms with Gasteiger partial charge in [-0.2, -0.15) is 0 Å². The lowest BCUT2D eigenvalue weighted by Crippen LogP contribution is -2.48. The first kappa shape index (κ1) is 16.1. The first-order valence-electron chi connectivity index (χ1n) is 7.63. The zero-order valence-corrected chi connectivity index (χ0v) is 14.8. The van der Waals surface area contributed by atoms with Crippen LogP contribution in [0.5, 0.6) is 0 Å². The summed E-state index contributed by atoms with van der Waals surface area (Å²) in [6.45, 7) is 1.61. The number of hydrogen-bond acceptors (Lipinski definition) is 5. The van der Waals surface area contributed by atoms with Gasteiger partial charge in [-0.15, -0.1) is 0 Å². The number of halogens is 1. The highest BCUT2D eigenvalue weighted by atomic mass is 35.5. The molecule has 5 nitrogen and oxygen atoms in total. The summed E-state index contributed by atoms with van der Waals surface area (Å²) in [5, 5.41) is 3.81. The molecule has 3 aromatic rings. The van der Waals surface area contributed by atoms with Crippen LogP contribution in [0.4, 0.5) is 5.13 Å². The number of carbonyl (C=O) groups excluding carboxylic acids is 2. The van der Waals surface area contributed by atoms with Gasteiger partial charge < -0.3 is 4.74 Å². The number of amides is 1. The molecule has 2 aromatic carbocycles. The average molecular weight is 373 g/mol. The number of fused-ring (bicyclic) bond motifs is 2. The van der Waals surface area contributed by atoms with Crippen LogP contribution in [-0.4, -0.2) is 22.5 Å². The molecule has 2 heterocycles. The van der Waals surface area contributed by atoms with E-state index in [2.05, 4.69) is 10.3 Å². The summed E-state index contributed by atoms with van der Waals surface area (Å²) in [4.78, 5) is 29.3. The van der Waals surface area contributed by atoms with Crippen molar-refractivity contribution < 1.29 is 14.3 Å². The van der Waals surface area contributed by atoms with Crippen LogP contribution in [0, 0.1) is 0 Å². The zero-order valence-electron chi connectivity index (χ0n) is 13.2. The van der Waals surface area contributed by atoms with Gasteiger partial charge in [0.25, 0.3) is 5.91 Å². The van der Waals surface area contributed by atoms with Crippen molar-refractivity contribution in [3.63, 3.8) is 0 Å². The Morgan fingerprint density at radius 2 is 2.12 bits per heavy atom. The third-order valence-electron chi connectivity index (χ3n) is 4.13. The van der Waals surface area contributed by atoms with E-state index in [1.165, 1.54) is 11.3 Å². The molecule has 0 saturated heterocycles. The molecule has 4 rings (SSSR count). The Hall–Kier alpha value is -2.44. The number of ether oxygens (including phenoxy) is 1. The molecule has 0 spiro atoms. The van der Waals surface area contributed by atoms with Gasteiger partial charge in [-0.05, 0) is 36.8 Å². The van der Waals surface area contributed by atoms with Crippen LogP contribution in [0.2, 0.25) is 5.02 Å². The van der Waals surface area contributed by atoms with E-state index < -0.39 is 17.5 Å². The SMILES string of the molecule is C[C@@]1(C(=O)Nc2nc3ccc(Cl)cc3s2)Cc2ccccc2C(=O)O1. The quantitative estimate of drug-likeness (QED) is 0.689. The van der Waals surface area contributed by atoms with Gasteiger partial charge in [0.1, 0.15) is 0 Å². The van der Waals surface area contributed by atoms with Crippen molar-refractivity contribution in [2.45, 2.75) is 18.9 Å². The average Bonchev–Trinajstić information content (AvgIpc) is 2.96. The molecule has 0 saturated carbocycles. The fourth-order valence-electron chi connectivity index (χ4n) is 2.84. The molecular weight excluding hydrogens is 360 g/mol. The van der Waals surface area contributed by atoms with Crippen molar-refractivity contribution in [1.82, 2.24) is 4.98 Å². The van der Waals surface area contributed by atoms with E-state index in [-0.39, 0.29) is 0 Å². The first-order chi connectivity index (χ1) is 11.9. The molecule has 1 amide bonds. The van der Waals surface area contributed by atoms with E-state index >= 15 is 0 Å². The summed E-state index contributed by atoms with van der Waals surface area (Å²) in [7, 11) is 0. The van der Waals surface area contributed by atoms with Gasteiger partial charge in [0.15, 0.2) is 10.7 Å². The molecule has 0 aliphatic carbocycles. The van der Waals surface area contributed by atoms with Crippen molar-refractivity contribution >= 4 is 50.2 Å². The number of carbonyl (C=O) groups is 2. The van der Waals surface area contributed by atoms with E-state index in [1.54, 1.807) is 37.3 Å². The summed E-state index contributed by atoms with van der Waals surface area (Å²) in [6, 6.07) is 12.5. The Morgan fingerprint density at radius 3 is 2.96 bits per heavy atom. The van der Waals surface area contributed by atoms with E-state index in [0.29, 0.717) is 22.1 Å². The van der Waals surface area contributed by atoms with Crippen molar-refractivity contribution in [2.24, 2.45) is 0 Å². The maximum Gasteiger partial charge on any atom is 0.339 e. The number of benzene rings is 2. The van der Waals surface area contributed by atoms with Gasteiger partial charge in [0, 0.05) is 11.4 Å². The van der Waals surface area contributed by atoms with Crippen LogP contribution < -0.4 is 5.32 Å². The Labute approximate surface area is 152 Å². The van der Waals surface area contributed by atoms with Crippen molar-refractivity contribution in [3.8, 4) is 0 Å². The molecule has 0 fully saturated rings. The minimum atomic E-state index is -1.28. The van der Waals surface area contributed by atoms with E-state index in [4.69, 9.17) is 16.3 Å². The zero-order chi connectivity index (χ0) is 17.6. The Bertz CT molecular complexity index is 1020. The second-order valence-electron chi connectivity index (χ2n) is 6.04. The second kappa shape index (κ2) is 5.82. The molecule has 0 unspecified atom stereocenters. The summed E-state index contributed by atoms with van der Waals surface area (Å²) in [6.07, 6.45) is 0.317. The van der Waals surface area contributed by atoms with Crippen LogP contribution in [0.25, 0.3) is 10.2 Å². The number of aromatic nitrogens is 1. The van der Waals surface area contributed by atoms with Gasteiger partial charge in [-0.25, -0.2) is 9.78 Å². The Kier molecular flexibility index (Phi) is 3.74. The fraction of sp³-hybridized carbons (Fsp3) is 0.167. The molecule has 25 heavy (non-hydrogen) atoms. The number of hydrogen-bond donors (Lipinski definition) is 1. The largest absolute Gasteiger partial charge is 0.445 e. The van der Waals surface area contributed by atoms with Crippen LogP contribution in [-0.2, 0) is 16.0 Å². The molecular formula is C18H13ClN2O3S. The summed E-state index contributed by atoms with van der Waals surface area (Å²) < 4.78 is 6.31. The number of rotatable bonds is 2. The molecule has 126 valence electrons. The molecule has 1 N–H and O–H groups in total. The van der Waals surface area contributed by atoms with Gasteiger partial charge in [0.2, 0.25) is 0 Å². The number of thiazole rings is 1. The number of anilines is 1. The van der Waals surface area contributed by atoms with Gasteiger partial charge in [-0.1, -0.05) is 41.1 Å². The third-order valence-corrected chi connectivity index (χ3v) is 5.30. The lowest BCUT2D eigenvalue weighted by Gasteiger charge is -2.32. The highest BCUT2D eigenvalue weighted by Crippen LogP contribution is 2.32. The maximum absolute atomic E-state index is 12.7. The number of nitrogens with one attached hydrogen (secondary N) is 1. The second-order valence-corrected chi connectivity index (χ2v) is 7.51. The van der Waals surface area contributed by atoms with Gasteiger partial charge in [0.05, 0.1) is 15.8 Å². The smallest absolute Gasteiger partial charge is 0.339 e. The lowest BCUT2D eigenvalue weighted by molar-refractivity contribution is -0.134. The molecule has 0 radical (unpaired) electrons. The Morgan fingerprint density at radius 1 is 1.32 bits per heavy atom. The standard InChI is InChI=1S/C18H13ClN2O3S/c1-18(9-10-4-2-3-5-12(10)15(22)24-18)16(23)21-17-20-13-7-6-11(19)8-14(13)25-17/h2-8H,9H2,1H3,(H,20,21,23)/t18-/m0/s1. The molecule has 1 aromatic heterocycles. The molecule has 1 aliphatic heterocycles. The highest BCUT2D eigenvalue weighted by molar-refractivity contribution is 7.22. The monoisotopic (exact) mass is 372 g/mol. The van der Waals surface area contributed by atoms with E-state index in [9.17, 15) is 9.59 Å². The van der Waals surface area contributed by atoms with Crippen LogP contribution in [0.3, 0.4) is 0 Å². The molecule has 7 heteroatoms. The first-order valence-corrected chi connectivity index (χ1v) is 8.83. The number of nitrogens with zero attached hydrogens (tertiary/aromatic N) is 1. The highest BCUT2D eigenvalue weighted by Gasteiger charge is 2.42. The van der Waals surface area contributed by atoms with Crippen molar-refractivity contribution in [3.05, 3.63) is 58.6 Å². The predicted octanol–water partition coefficient (Wildman–Crippen LogP) is 4.06. The third kappa shape index (κ3) is 2.88. The minimum Gasteiger partial charge on any atom is -0.445 e. The number of esters is 1. The molecule has 1 atom stereocenters. The summed E-state index contributed by atoms with van der Waals surface area (Å²) in [5.41, 5.74) is 0.775. The van der Waals surface area contributed by atoms with Crippen LogP contribution in [0.1, 0.15) is 22.8 Å². The fourth-order valence-corrected chi connectivity index (χ4v) is 3.98. The van der Waals surface area contributed by atoms with E-state index in [1.807, 2.05) is 12.1 Å². The van der Waals surface area contributed by atoms with Gasteiger partial charge in [-0.3, -0.25) is 10.1 Å². The van der Waals surface area contributed by atoms with Crippen molar-refractivity contribution in [1.29, 1.82) is 0 Å². The summed E-state index contributed by atoms with van der Waals surface area (Å²) >= 11 is 7.30. The van der Waals surface area contributed by atoms with Crippen LogP contribution in [0.15, 0.2) is 42.5 Å². The van der Waals surface area contributed by atoms with Gasteiger partial charge >= 0.3 is 5.97 Å². The molecule has 1 aliphatic rings. The predicted molar refractivity (Wildman–Crippen MR) is 97.2 cm³/mol. The van der Waals surface area contributed by atoms with E-state index in [0.717, 1.165) is 15.8 Å². The Balaban J connectivity index is 1.60. The number of cyclic esters (lactones) is 1. The molecule has 0 bridgehead atoms. The maximum atomic E-state index is 12.7. The topological polar surface area (TPSA) is 68.3 Å². The lowest BCUT2D eigenvalue weighted by atomic mass is 9.89. The minimum absolute atomic E-state index is 0.317. The summed E-state index contributed by atoms with van der Waals surface area (Å²) in [5.74, 6) is -0.893. The normalized spacial score (nSPS) is 19.4. The van der Waals surface area contributed by atoms with Crippen molar-refractivity contribution in [2.75, 3.05) is 5.32 Å².